The molecule has 3 N–H and O–H groups in total. The standard InChI is InChI=1S/C5H10N4S/c1-2-3-7-5-8-4(6)9-10-5/h2-3H2,1H3,(H3,6,7,8,9). The van der Waals surface area contributed by atoms with Crippen molar-refractivity contribution in [3.63, 3.8) is 0 Å². The number of aromatic nitrogens is 2. The van der Waals surface area contributed by atoms with Crippen LogP contribution in [0.1, 0.15) is 13.3 Å². The van der Waals surface area contributed by atoms with Gasteiger partial charge in [0.2, 0.25) is 11.1 Å². The van der Waals surface area contributed by atoms with Crippen molar-refractivity contribution in [3.8, 4) is 0 Å². The zero-order chi connectivity index (χ0) is 7.40. The second-order valence-corrected chi connectivity index (χ2v) is 2.64. The lowest BCUT2D eigenvalue weighted by Gasteiger charge is -1.94. The summed E-state index contributed by atoms with van der Waals surface area (Å²) in [5.41, 5.74) is 5.30. The molecule has 5 heteroatoms. The Morgan fingerprint density at radius 3 is 3.00 bits per heavy atom. The molecule has 0 radical (unpaired) electrons. The van der Waals surface area contributed by atoms with E-state index in [-0.39, 0.29) is 0 Å². The zero-order valence-electron chi connectivity index (χ0n) is 5.79. The first-order valence-corrected chi connectivity index (χ1v) is 3.93. The SMILES string of the molecule is CCCNc1nc(N)ns1. The number of nitrogens with zero attached hydrogens (tertiary/aromatic N) is 2. The van der Waals surface area contributed by atoms with Crippen LogP contribution in [0.15, 0.2) is 0 Å². The fraction of sp³-hybridized carbons (Fsp3) is 0.600. The summed E-state index contributed by atoms with van der Waals surface area (Å²) in [5, 5.41) is 3.88. The van der Waals surface area contributed by atoms with Crippen LogP contribution in [0.5, 0.6) is 0 Å². The number of nitrogen functional groups attached to an aromatic ring is 1. The Morgan fingerprint density at radius 1 is 1.70 bits per heavy atom. The van der Waals surface area contributed by atoms with Crippen LogP contribution < -0.4 is 11.1 Å². The summed E-state index contributed by atoms with van der Waals surface area (Å²) in [7, 11) is 0. The summed E-state index contributed by atoms with van der Waals surface area (Å²) >= 11 is 1.29. The van der Waals surface area contributed by atoms with E-state index in [0.29, 0.717) is 5.95 Å². The second-order valence-electron chi connectivity index (χ2n) is 1.88. The summed E-state index contributed by atoms with van der Waals surface area (Å²) in [5.74, 6) is 0.351. The number of anilines is 2. The van der Waals surface area contributed by atoms with E-state index in [1.807, 2.05) is 0 Å². The average Bonchev–Trinajstić information content (AvgIpc) is 2.31. The monoisotopic (exact) mass is 158 g/mol. The topological polar surface area (TPSA) is 63.8 Å². The number of rotatable bonds is 3. The normalized spacial score (nSPS) is 9.70. The van der Waals surface area contributed by atoms with Crippen molar-refractivity contribution in [3.05, 3.63) is 0 Å². The number of nitrogens with two attached hydrogens (primary N) is 1. The smallest absolute Gasteiger partial charge is 0.233 e. The zero-order valence-corrected chi connectivity index (χ0v) is 6.61. The van der Waals surface area contributed by atoms with Crippen LogP contribution in [-0.2, 0) is 0 Å². The average molecular weight is 158 g/mol. The molecule has 0 amide bonds. The van der Waals surface area contributed by atoms with Gasteiger partial charge in [0.25, 0.3) is 0 Å². The Kier molecular flexibility index (Phi) is 2.44. The van der Waals surface area contributed by atoms with Crippen molar-refractivity contribution >= 4 is 22.6 Å². The Morgan fingerprint density at radius 2 is 2.50 bits per heavy atom. The maximum atomic E-state index is 5.30. The first kappa shape index (κ1) is 7.27. The quantitative estimate of drug-likeness (QED) is 0.687. The predicted molar refractivity (Wildman–Crippen MR) is 43.1 cm³/mol. The molecule has 0 aliphatic carbocycles. The summed E-state index contributed by atoms with van der Waals surface area (Å²) < 4.78 is 3.82. The lowest BCUT2D eigenvalue weighted by Crippen LogP contribution is -1.98. The van der Waals surface area contributed by atoms with Crippen LogP contribution in [-0.4, -0.2) is 15.9 Å². The molecule has 0 fully saturated rings. The van der Waals surface area contributed by atoms with Gasteiger partial charge in [0, 0.05) is 18.1 Å². The van der Waals surface area contributed by atoms with Crippen molar-refractivity contribution in [2.75, 3.05) is 17.6 Å². The first-order chi connectivity index (χ1) is 4.83. The minimum atomic E-state index is 0.351. The molecular formula is C5H10N4S. The summed E-state index contributed by atoms with van der Waals surface area (Å²) in [6.07, 6.45) is 1.08. The third-order valence-electron chi connectivity index (χ3n) is 0.968. The van der Waals surface area contributed by atoms with Gasteiger partial charge >= 0.3 is 0 Å². The highest BCUT2D eigenvalue weighted by Crippen LogP contribution is 2.10. The van der Waals surface area contributed by atoms with Gasteiger partial charge in [0.05, 0.1) is 0 Å². The molecule has 0 saturated heterocycles. The van der Waals surface area contributed by atoms with E-state index in [1.54, 1.807) is 0 Å². The molecule has 1 heterocycles. The lowest BCUT2D eigenvalue weighted by atomic mass is 10.5. The number of hydrogen-bond acceptors (Lipinski definition) is 5. The Balaban J connectivity index is 2.42. The van der Waals surface area contributed by atoms with Crippen LogP contribution in [0, 0.1) is 0 Å². The molecule has 1 aromatic rings. The summed E-state index contributed by atoms with van der Waals surface area (Å²) in [6, 6.07) is 0. The van der Waals surface area contributed by atoms with Crippen molar-refractivity contribution < 1.29 is 0 Å². The molecule has 10 heavy (non-hydrogen) atoms. The summed E-state index contributed by atoms with van der Waals surface area (Å²) in [4.78, 5) is 3.92. The highest BCUT2D eigenvalue weighted by molar-refractivity contribution is 7.09. The van der Waals surface area contributed by atoms with Crippen molar-refractivity contribution in [1.29, 1.82) is 0 Å². The Hall–Kier alpha value is -0.840. The fourth-order valence-corrected chi connectivity index (χ4v) is 1.06. The summed E-state index contributed by atoms with van der Waals surface area (Å²) in [6.45, 7) is 3.02. The van der Waals surface area contributed by atoms with Gasteiger partial charge in [0.15, 0.2) is 0 Å². The van der Waals surface area contributed by atoms with Crippen molar-refractivity contribution in [2.24, 2.45) is 0 Å². The molecule has 0 bridgehead atoms. The number of hydrogen-bond donors (Lipinski definition) is 2. The Labute approximate surface area is 63.6 Å². The third-order valence-corrected chi connectivity index (χ3v) is 1.65. The molecule has 0 aliphatic heterocycles. The minimum Gasteiger partial charge on any atom is -0.367 e. The van der Waals surface area contributed by atoms with Crippen molar-refractivity contribution in [2.45, 2.75) is 13.3 Å². The van der Waals surface area contributed by atoms with Gasteiger partial charge in [-0.25, -0.2) is 0 Å². The van der Waals surface area contributed by atoms with Gasteiger partial charge in [-0.05, 0) is 6.42 Å². The van der Waals surface area contributed by atoms with Crippen LogP contribution in [0.3, 0.4) is 0 Å². The van der Waals surface area contributed by atoms with E-state index in [9.17, 15) is 0 Å². The van der Waals surface area contributed by atoms with Gasteiger partial charge in [-0.2, -0.15) is 9.36 Å². The second kappa shape index (κ2) is 3.36. The van der Waals surface area contributed by atoms with E-state index in [4.69, 9.17) is 5.73 Å². The number of nitrogens with one attached hydrogen (secondary N) is 1. The van der Waals surface area contributed by atoms with E-state index in [1.165, 1.54) is 11.5 Å². The molecule has 0 aliphatic rings. The molecule has 1 aromatic heterocycles. The van der Waals surface area contributed by atoms with E-state index >= 15 is 0 Å². The van der Waals surface area contributed by atoms with E-state index in [2.05, 4.69) is 21.6 Å². The molecule has 4 nitrogen and oxygen atoms in total. The molecular weight excluding hydrogens is 148 g/mol. The maximum Gasteiger partial charge on any atom is 0.233 e. The molecule has 56 valence electrons. The fourth-order valence-electron chi connectivity index (χ4n) is 0.539. The van der Waals surface area contributed by atoms with E-state index < -0.39 is 0 Å². The largest absolute Gasteiger partial charge is 0.367 e. The van der Waals surface area contributed by atoms with Gasteiger partial charge in [-0.15, -0.1) is 0 Å². The lowest BCUT2D eigenvalue weighted by molar-refractivity contribution is 0.976. The molecule has 0 aromatic carbocycles. The maximum absolute atomic E-state index is 5.30. The third kappa shape index (κ3) is 1.84. The van der Waals surface area contributed by atoms with E-state index in [0.717, 1.165) is 18.1 Å². The van der Waals surface area contributed by atoms with Gasteiger partial charge in [-0.1, -0.05) is 6.92 Å². The van der Waals surface area contributed by atoms with Crippen LogP contribution in [0.25, 0.3) is 0 Å². The Bertz CT molecular complexity index is 197. The molecule has 0 spiro atoms. The molecule has 1 rings (SSSR count). The van der Waals surface area contributed by atoms with Crippen LogP contribution in [0.4, 0.5) is 11.1 Å². The van der Waals surface area contributed by atoms with Crippen LogP contribution >= 0.6 is 11.5 Å². The highest BCUT2D eigenvalue weighted by Gasteiger charge is 1.96. The minimum absolute atomic E-state index is 0.351. The van der Waals surface area contributed by atoms with Gasteiger partial charge in [-0.3, -0.25) is 0 Å². The molecule has 0 unspecified atom stereocenters. The first-order valence-electron chi connectivity index (χ1n) is 3.16. The van der Waals surface area contributed by atoms with Gasteiger partial charge < -0.3 is 11.1 Å². The molecule has 0 atom stereocenters. The molecule has 0 saturated carbocycles. The van der Waals surface area contributed by atoms with Crippen molar-refractivity contribution in [1.82, 2.24) is 9.36 Å². The highest BCUT2D eigenvalue weighted by atomic mass is 32.1. The van der Waals surface area contributed by atoms with Crippen LogP contribution in [0.2, 0.25) is 0 Å². The van der Waals surface area contributed by atoms with Gasteiger partial charge in [0.1, 0.15) is 0 Å². The predicted octanol–water partition coefficient (Wildman–Crippen LogP) is 0.942.